The number of carbonyl (C=O) groups is 3. The molecule has 2 heterocycles. The molecule has 8 nitrogen and oxygen atoms in total. The van der Waals surface area contributed by atoms with Gasteiger partial charge in [0.15, 0.2) is 12.0 Å². The molecule has 0 unspecified atom stereocenters. The van der Waals surface area contributed by atoms with E-state index in [1.165, 1.54) is 6.07 Å². The van der Waals surface area contributed by atoms with Crippen LogP contribution in [0.2, 0.25) is 0 Å². The van der Waals surface area contributed by atoms with Crippen LogP contribution in [0.1, 0.15) is 10.4 Å². The minimum atomic E-state index is -0.662. The Bertz CT molecular complexity index is 1330. The first-order valence-electron chi connectivity index (χ1n) is 9.29. The molecule has 9 heteroatoms. The summed E-state index contributed by atoms with van der Waals surface area (Å²) in [6, 6.07) is 15.5. The topological polar surface area (TPSA) is 120 Å². The van der Waals surface area contributed by atoms with Crippen molar-refractivity contribution in [3.8, 4) is 0 Å². The molecule has 2 amide bonds. The molecule has 3 N–H and O–H groups in total. The monoisotopic (exact) mass is 435 g/mol. The number of hydrogen-bond acceptors (Lipinski definition) is 6. The number of primary amides is 1. The Labute approximate surface area is 179 Å². The third kappa shape index (κ3) is 4.03. The van der Waals surface area contributed by atoms with Gasteiger partial charge >= 0.3 is 5.97 Å². The number of fused-ring (bicyclic) bond motifs is 2. The fourth-order valence-electron chi connectivity index (χ4n) is 3.33. The van der Waals surface area contributed by atoms with Crippen molar-refractivity contribution in [2.75, 3.05) is 11.9 Å². The van der Waals surface area contributed by atoms with E-state index in [1.54, 1.807) is 58.5 Å². The molecule has 31 heavy (non-hydrogen) atoms. The summed E-state index contributed by atoms with van der Waals surface area (Å²) in [6.07, 6.45) is 0. The molecule has 4 rings (SSSR count). The van der Waals surface area contributed by atoms with Crippen molar-refractivity contribution in [2.45, 2.75) is 6.54 Å². The highest BCUT2D eigenvalue weighted by molar-refractivity contribution is 7.14. The molecule has 0 radical (unpaired) electrons. The van der Waals surface area contributed by atoms with Gasteiger partial charge in [-0.15, -0.1) is 11.3 Å². The third-order valence-corrected chi connectivity index (χ3v) is 5.54. The van der Waals surface area contributed by atoms with Gasteiger partial charge in [0, 0.05) is 10.8 Å². The summed E-state index contributed by atoms with van der Waals surface area (Å²) in [5.41, 5.74) is 6.52. The number of hydrogen-bond donors (Lipinski definition) is 2. The quantitative estimate of drug-likeness (QED) is 0.356. The van der Waals surface area contributed by atoms with E-state index < -0.39 is 24.4 Å². The number of esters is 1. The second-order valence-corrected chi connectivity index (χ2v) is 7.60. The van der Waals surface area contributed by atoms with Gasteiger partial charge in [-0.25, -0.2) is 0 Å². The zero-order valence-corrected chi connectivity index (χ0v) is 17.0. The number of amides is 2. The molecule has 0 atom stereocenters. The number of aromatic nitrogens is 1. The molecule has 0 spiro atoms. The summed E-state index contributed by atoms with van der Waals surface area (Å²) >= 11 is 1.14. The Morgan fingerprint density at radius 2 is 1.58 bits per heavy atom. The van der Waals surface area contributed by atoms with E-state index in [9.17, 15) is 19.2 Å². The summed E-state index contributed by atoms with van der Waals surface area (Å²) in [7, 11) is 0. The number of pyridine rings is 1. The van der Waals surface area contributed by atoms with Crippen molar-refractivity contribution in [1.82, 2.24) is 4.57 Å². The Kier molecular flexibility index (Phi) is 5.50. The molecule has 4 aromatic rings. The lowest BCUT2D eigenvalue weighted by Crippen LogP contribution is -2.24. The largest absolute Gasteiger partial charge is 0.454 e. The molecular formula is C22H17N3O5S. The Morgan fingerprint density at radius 3 is 2.19 bits per heavy atom. The van der Waals surface area contributed by atoms with Crippen LogP contribution in [-0.2, 0) is 20.9 Å². The molecule has 2 aromatic carbocycles. The second-order valence-electron chi connectivity index (χ2n) is 6.69. The zero-order chi connectivity index (χ0) is 22.0. The minimum absolute atomic E-state index is 0.114. The molecule has 0 aliphatic heterocycles. The summed E-state index contributed by atoms with van der Waals surface area (Å²) in [4.78, 5) is 48.7. The van der Waals surface area contributed by atoms with Gasteiger partial charge in [0.2, 0.25) is 0 Å². The lowest BCUT2D eigenvalue weighted by molar-refractivity contribution is -0.147. The summed E-state index contributed by atoms with van der Waals surface area (Å²) in [6.45, 7) is -0.703. The molecule has 0 bridgehead atoms. The molecule has 0 aliphatic rings. The molecule has 156 valence electrons. The SMILES string of the molecule is NC(=O)c1ccsc1NC(=O)COC(=O)Cn1c2ccccc2c(=O)c2ccccc21. The summed E-state index contributed by atoms with van der Waals surface area (Å²) in [5.74, 6) is -1.89. The first-order valence-corrected chi connectivity index (χ1v) is 10.2. The minimum Gasteiger partial charge on any atom is -0.454 e. The van der Waals surface area contributed by atoms with Gasteiger partial charge in [0.05, 0.1) is 16.6 Å². The van der Waals surface area contributed by atoms with Crippen molar-refractivity contribution in [3.63, 3.8) is 0 Å². The van der Waals surface area contributed by atoms with Gasteiger partial charge in [-0.3, -0.25) is 19.2 Å². The zero-order valence-electron chi connectivity index (χ0n) is 16.2. The highest BCUT2D eigenvalue weighted by atomic mass is 32.1. The Hall–Kier alpha value is -3.98. The number of anilines is 1. The van der Waals surface area contributed by atoms with Gasteiger partial charge in [-0.1, -0.05) is 24.3 Å². The number of nitrogens with one attached hydrogen (secondary N) is 1. The maximum absolute atomic E-state index is 12.8. The molecule has 0 fully saturated rings. The highest BCUT2D eigenvalue weighted by Gasteiger charge is 2.16. The molecular weight excluding hydrogens is 418 g/mol. The Morgan fingerprint density at radius 1 is 0.968 bits per heavy atom. The predicted molar refractivity (Wildman–Crippen MR) is 118 cm³/mol. The van der Waals surface area contributed by atoms with Gasteiger partial charge in [0.25, 0.3) is 11.8 Å². The van der Waals surface area contributed by atoms with Crippen molar-refractivity contribution in [3.05, 3.63) is 75.8 Å². The van der Waals surface area contributed by atoms with E-state index in [-0.39, 0.29) is 17.5 Å². The molecule has 0 aliphatic carbocycles. The van der Waals surface area contributed by atoms with Gasteiger partial charge < -0.3 is 20.4 Å². The van der Waals surface area contributed by atoms with E-state index in [1.807, 2.05) is 0 Å². The van der Waals surface area contributed by atoms with Gasteiger partial charge in [-0.2, -0.15) is 0 Å². The lowest BCUT2D eigenvalue weighted by Gasteiger charge is -2.14. The standard InChI is InChI=1S/C22H17N3O5S/c23-21(29)15-9-10-31-22(15)24-18(26)12-30-19(27)11-25-16-7-3-1-5-13(16)20(28)14-6-2-4-8-17(14)25/h1-10H,11-12H2,(H2,23,29)(H,24,26). The number of nitrogens with zero attached hydrogens (tertiary/aromatic N) is 1. The van der Waals surface area contributed by atoms with E-state index in [4.69, 9.17) is 10.5 Å². The lowest BCUT2D eigenvalue weighted by atomic mass is 10.1. The van der Waals surface area contributed by atoms with E-state index in [0.29, 0.717) is 26.8 Å². The number of thiophene rings is 1. The number of rotatable bonds is 6. The van der Waals surface area contributed by atoms with Crippen LogP contribution in [0.5, 0.6) is 0 Å². The summed E-state index contributed by atoms with van der Waals surface area (Å²) < 4.78 is 6.81. The maximum atomic E-state index is 12.8. The normalized spacial score (nSPS) is 10.8. The van der Waals surface area contributed by atoms with Crippen LogP contribution in [0.4, 0.5) is 5.00 Å². The molecule has 0 saturated carbocycles. The van der Waals surface area contributed by atoms with Crippen LogP contribution >= 0.6 is 11.3 Å². The van der Waals surface area contributed by atoms with Crippen LogP contribution in [0.15, 0.2) is 64.8 Å². The van der Waals surface area contributed by atoms with Crippen molar-refractivity contribution in [2.24, 2.45) is 5.73 Å². The fourth-order valence-corrected chi connectivity index (χ4v) is 4.14. The maximum Gasteiger partial charge on any atom is 0.326 e. The Balaban J connectivity index is 1.53. The second kappa shape index (κ2) is 8.41. The molecule has 2 aromatic heterocycles. The van der Waals surface area contributed by atoms with Crippen molar-refractivity contribution >= 4 is 55.9 Å². The number of benzene rings is 2. The van der Waals surface area contributed by atoms with E-state index in [0.717, 1.165) is 11.3 Å². The predicted octanol–water partition coefficient (Wildman–Crippen LogP) is 2.50. The first-order chi connectivity index (χ1) is 15.0. The van der Waals surface area contributed by atoms with Gasteiger partial charge in [0.1, 0.15) is 11.5 Å². The number of para-hydroxylation sites is 2. The first kappa shape index (κ1) is 20.3. The molecule has 0 saturated heterocycles. The van der Waals surface area contributed by atoms with Crippen molar-refractivity contribution in [1.29, 1.82) is 0 Å². The van der Waals surface area contributed by atoms with Crippen LogP contribution in [0.3, 0.4) is 0 Å². The average Bonchev–Trinajstić information content (AvgIpc) is 3.23. The third-order valence-electron chi connectivity index (χ3n) is 4.71. The number of nitrogens with two attached hydrogens (primary N) is 1. The van der Waals surface area contributed by atoms with Crippen LogP contribution in [0, 0.1) is 0 Å². The van der Waals surface area contributed by atoms with Gasteiger partial charge in [-0.05, 0) is 35.7 Å². The van der Waals surface area contributed by atoms with E-state index >= 15 is 0 Å². The fraction of sp³-hybridized carbons (Fsp3) is 0.0909. The number of carbonyl (C=O) groups excluding carboxylic acids is 3. The van der Waals surface area contributed by atoms with Crippen LogP contribution < -0.4 is 16.5 Å². The van der Waals surface area contributed by atoms with Crippen LogP contribution in [-0.4, -0.2) is 29.0 Å². The number of ether oxygens (including phenoxy) is 1. The summed E-state index contributed by atoms with van der Waals surface area (Å²) in [5, 5.41) is 5.41. The average molecular weight is 435 g/mol. The van der Waals surface area contributed by atoms with E-state index in [2.05, 4.69) is 5.32 Å². The van der Waals surface area contributed by atoms with Crippen LogP contribution in [0.25, 0.3) is 21.8 Å². The smallest absolute Gasteiger partial charge is 0.326 e. The van der Waals surface area contributed by atoms with Crippen molar-refractivity contribution < 1.29 is 19.1 Å². The highest BCUT2D eigenvalue weighted by Crippen LogP contribution is 2.22.